The Morgan fingerprint density at radius 3 is 2.43 bits per heavy atom. The summed E-state index contributed by atoms with van der Waals surface area (Å²) in [5.41, 5.74) is 5.52. The zero-order chi connectivity index (χ0) is 44.4. The van der Waals surface area contributed by atoms with Gasteiger partial charge in [0.15, 0.2) is 17.0 Å². The summed E-state index contributed by atoms with van der Waals surface area (Å²) in [7, 11) is 0. The summed E-state index contributed by atoms with van der Waals surface area (Å²) in [4.78, 5) is 59.7. The average molecular weight is 878 g/mol. The third-order valence-corrected chi connectivity index (χ3v) is 15.0. The number of likely N-dealkylation sites (tertiary alicyclic amines) is 2. The van der Waals surface area contributed by atoms with Gasteiger partial charge in [-0.1, -0.05) is 36.4 Å². The lowest BCUT2D eigenvalue weighted by Gasteiger charge is -2.50. The van der Waals surface area contributed by atoms with Crippen LogP contribution in [0.5, 0.6) is 0 Å². The van der Waals surface area contributed by atoms with Crippen LogP contribution in [0.25, 0.3) is 27.8 Å². The van der Waals surface area contributed by atoms with Crippen LogP contribution in [0.15, 0.2) is 82.8 Å². The van der Waals surface area contributed by atoms with E-state index in [-0.39, 0.29) is 23.9 Å². The molecule has 16 nitrogen and oxygen atoms in total. The normalized spacial score (nSPS) is 22.7. The van der Waals surface area contributed by atoms with Crippen molar-refractivity contribution >= 4 is 51.1 Å². The molecule has 1 aliphatic carbocycles. The van der Waals surface area contributed by atoms with Gasteiger partial charge in [0.25, 0.3) is 5.56 Å². The minimum Gasteiger partial charge on any atom is -0.384 e. The zero-order valence-corrected chi connectivity index (χ0v) is 36.8. The SMILES string of the molecule is C=CCn1c(=O)c2cnc(Nc3ccc(C4CCN(C5CCN(C6CN(c7ccc8c(C9CCC(=O)NC9=O)noc8c7)C6)CC5)CC4)cc3)nc2n1-c1ccc2c(n1)[C@@](O)(CC)CC2. The summed E-state index contributed by atoms with van der Waals surface area (Å²) in [6, 6.07) is 19.8. The average Bonchev–Trinajstić information content (AvgIpc) is 3.97. The van der Waals surface area contributed by atoms with Crippen molar-refractivity contribution in [1.29, 1.82) is 0 Å². The van der Waals surface area contributed by atoms with Gasteiger partial charge in [0.1, 0.15) is 16.7 Å². The zero-order valence-electron chi connectivity index (χ0n) is 36.8. The Balaban J connectivity index is 0.674. The van der Waals surface area contributed by atoms with Gasteiger partial charge in [-0.25, -0.2) is 19.3 Å². The Morgan fingerprint density at radius 1 is 0.908 bits per heavy atom. The van der Waals surface area contributed by atoms with Crippen LogP contribution in [0.3, 0.4) is 0 Å². The Labute approximate surface area is 376 Å². The van der Waals surface area contributed by atoms with Gasteiger partial charge in [0.05, 0.1) is 18.2 Å². The number of carbonyl (C=O) groups excluding carboxylic acids is 2. The molecule has 3 N–H and O–H groups in total. The molecule has 5 aliphatic rings. The topological polar surface area (TPSA) is 180 Å². The minimum atomic E-state index is -0.987. The first kappa shape index (κ1) is 41.5. The number of pyridine rings is 1. The number of aliphatic hydroxyl groups is 1. The summed E-state index contributed by atoms with van der Waals surface area (Å²) >= 11 is 0. The molecule has 0 radical (unpaired) electrons. The molecule has 0 saturated carbocycles. The second-order valence-electron chi connectivity index (χ2n) is 18.6. The van der Waals surface area contributed by atoms with Crippen molar-refractivity contribution in [3.05, 3.63) is 106 Å². The van der Waals surface area contributed by atoms with Crippen LogP contribution in [-0.2, 0) is 28.2 Å². The molecule has 2 atom stereocenters. The Kier molecular flexibility index (Phi) is 10.6. The number of piperidine rings is 3. The van der Waals surface area contributed by atoms with Crippen LogP contribution >= 0.6 is 0 Å². The number of rotatable bonds is 11. The van der Waals surface area contributed by atoms with Crippen LogP contribution in [0.1, 0.15) is 92.6 Å². The first-order valence-electron chi connectivity index (χ1n) is 23.3. The number of fused-ring (bicyclic) bond motifs is 3. The van der Waals surface area contributed by atoms with Crippen molar-refractivity contribution in [2.45, 2.75) is 101 Å². The van der Waals surface area contributed by atoms with Crippen LogP contribution in [-0.4, -0.2) is 108 Å². The summed E-state index contributed by atoms with van der Waals surface area (Å²) in [5, 5.41) is 22.5. The quantitative estimate of drug-likeness (QED) is 0.108. The number of aromatic nitrogens is 6. The van der Waals surface area contributed by atoms with Crippen molar-refractivity contribution in [3.63, 3.8) is 0 Å². The van der Waals surface area contributed by atoms with Gasteiger partial charge < -0.3 is 24.7 Å². The van der Waals surface area contributed by atoms with E-state index in [1.807, 2.05) is 31.2 Å². The number of anilines is 3. The fourth-order valence-corrected chi connectivity index (χ4v) is 11.0. The highest BCUT2D eigenvalue weighted by atomic mass is 16.5. The highest BCUT2D eigenvalue weighted by molar-refractivity contribution is 6.02. The molecule has 65 heavy (non-hydrogen) atoms. The van der Waals surface area contributed by atoms with Crippen LogP contribution in [0, 0.1) is 0 Å². The number of hydrogen-bond donors (Lipinski definition) is 3. The van der Waals surface area contributed by atoms with E-state index < -0.39 is 11.5 Å². The largest absolute Gasteiger partial charge is 0.384 e. The monoisotopic (exact) mass is 877 g/mol. The standard InChI is InChI=1S/C49H55N11O5/c1-3-21-59-47(63)39-27-50-48(54-45(39)60(59)41-13-7-32-15-20-49(64,4-2)44(32)52-41)51-33-8-5-30(6-9-33)31-16-22-56(23-17-31)34-18-24-57(25-19-34)36-28-58(29-36)35-10-11-37-40(26-35)65-55-43(37)38-12-14-42(61)53-46(38)62/h3,5-11,13,26-27,31,34,36,38,64H,1,4,12,14-25,28-29H2,2H3,(H,50,51,54)(H,53,61,62)/t38?,49-/m1/s1. The lowest BCUT2D eigenvalue weighted by atomic mass is 9.87. The van der Waals surface area contributed by atoms with Gasteiger partial charge in [-0.05, 0) is 112 Å². The number of nitrogens with one attached hydrogen (secondary N) is 2. The minimum absolute atomic E-state index is 0.229. The molecule has 11 rings (SSSR count). The van der Waals surface area contributed by atoms with Crippen molar-refractivity contribution < 1.29 is 19.2 Å². The number of allylic oxidation sites excluding steroid dienone is 1. The van der Waals surface area contributed by atoms with Gasteiger partial charge in [-0.15, -0.1) is 6.58 Å². The maximum absolute atomic E-state index is 13.6. The van der Waals surface area contributed by atoms with Crippen molar-refractivity contribution in [2.24, 2.45) is 0 Å². The first-order chi connectivity index (χ1) is 31.7. The molecule has 2 amide bonds. The predicted molar refractivity (Wildman–Crippen MR) is 247 cm³/mol. The van der Waals surface area contributed by atoms with E-state index in [4.69, 9.17) is 14.5 Å². The molecular formula is C49H55N11O5. The maximum atomic E-state index is 13.6. The molecule has 4 saturated heterocycles. The van der Waals surface area contributed by atoms with E-state index >= 15 is 0 Å². The second kappa shape index (κ2) is 16.6. The Morgan fingerprint density at radius 2 is 1.68 bits per heavy atom. The molecule has 336 valence electrons. The number of imide groups is 1. The fourth-order valence-electron chi connectivity index (χ4n) is 11.0. The van der Waals surface area contributed by atoms with E-state index in [0.717, 1.165) is 80.9 Å². The lowest BCUT2D eigenvalue weighted by Crippen LogP contribution is -2.62. The van der Waals surface area contributed by atoms with Crippen LogP contribution < -0.4 is 21.1 Å². The highest BCUT2D eigenvalue weighted by Crippen LogP contribution is 2.39. The molecule has 4 aromatic heterocycles. The van der Waals surface area contributed by atoms with E-state index in [1.165, 1.54) is 18.4 Å². The molecule has 6 aromatic rings. The first-order valence-corrected chi connectivity index (χ1v) is 23.3. The van der Waals surface area contributed by atoms with E-state index in [1.54, 1.807) is 21.6 Å². The van der Waals surface area contributed by atoms with Crippen LogP contribution in [0.4, 0.5) is 17.3 Å². The van der Waals surface area contributed by atoms with Gasteiger partial charge in [0, 0.05) is 73.7 Å². The summed E-state index contributed by atoms with van der Waals surface area (Å²) < 4.78 is 8.95. The number of hydrogen-bond acceptors (Lipinski definition) is 13. The second-order valence-corrected chi connectivity index (χ2v) is 18.6. The van der Waals surface area contributed by atoms with Gasteiger partial charge in [-0.2, -0.15) is 4.98 Å². The molecule has 0 bridgehead atoms. The summed E-state index contributed by atoms with van der Waals surface area (Å²) in [6.07, 6.45) is 10.6. The van der Waals surface area contributed by atoms with E-state index in [2.05, 4.69) is 72.4 Å². The van der Waals surface area contributed by atoms with Crippen molar-refractivity contribution in [2.75, 3.05) is 49.5 Å². The number of aryl methyl sites for hydroxylation is 1. The fraction of sp³-hybridized carbons (Fsp3) is 0.449. The van der Waals surface area contributed by atoms with Gasteiger partial charge in [0.2, 0.25) is 17.8 Å². The maximum Gasteiger partial charge on any atom is 0.278 e. The summed E-state index contributed by atoms with van der Waals surface area (Å²) in [6.45, 7) is 12.5. The van der Waals surface area contributed by atoms with Gasteiger partial charge >= 0.3 is 0 Å². The molecule has 0 spiro atoms. The number of amides is 2. The molecular weight excluding hydrogens is 823 g/mol. The number of carbonyl (C=O) groups is 2. The summed E-state index contributed by atoms with van der Waals surface area (Å²) in [5.74, 6) is 0.410. The molecule has 4 fully saturated rings. The predicted octanol–water partition coefficient (Wildman–Crippen LogP) is 5.64. The third kappa shape index (κ3) is 7.50. The van der Waals surface area contributed by atoms with Crippen LogP contribution in [0.2, 0.25) is 0 Å². The van der Waals surface area contributed by atoms with Crippen molar-refractivity contribution in [3.8, 4) is 5.82 Å². The van der Waals surface area contributed by atoms with Crippen molar-refractivity contribution in [1.82, 2.24) is 44.6 Å². The van der Waals surface area contributed by atoms with Gasteiger partial charge in [-0.3, -0.25) is 24.6 Å². The van der Waals surface area contributed by atoms with E-state index in [0.29, 0.717) is 83.5 Å². The molecule has 4 aliphatic heterocycles. The molecule has 2 aromatic carbocycles. The number of nitrogens with zero attached hydrogens (tertiary/aromatic N) is 9. The smallest absolute Gasteiger partial charge is 0.278 e. The number of benzene rings is 2. The molecule has 1 unspecified atom stereocenters. The van der Waals surface area contributed by atoms with E-state index in [9.17, 15) is 19.5 Å². The Bertz CT molecular complexity index is 2870. The molecule has 16 heteroatoms. The molecule has 8 heterocycles. The lowest BCUT2D eigenvalue weighted by molar-refractivity contribution is -0.134. The Hall–Kier alpha value is -6.23. The highest BCUT2D eigenvalue weighted by Gasteiger charge is 2.39. The third-order valence-electron chi connectivity index (χ3n) is 15.0.